The summed E-state index contributed by atoms with van der Waals surface area (Å²) >= 11 is 1.98. The van der Waals surface area contributed by atoms with Gasteiger partial charge in [0.15, 0.2) is 0 Å². The van der Waals surface area contributed by atoms with E-state index in [1.165, 1.54) is 17.9 Å². The highest BCUT2D eigenvalue weighted by Crippen LogP contribution is 2.10. The van der Waals surface area contributed by atoms with E-state index in [1.54, 1.807) is 0 Å². The van der Waals surface area contributed by atoms with Crippen LogP contribution in [0.1, 0.15) is 31.8 Å². The van der Waals surface area contributed by atoms with Crippen molar-refractivity contribution < 1.29 is 0 Å². The molecule has 0 spiro atoms. The van der Waals surface area contributed by atoms with Gasteiger partial charge in [-0.15, -0.1) is 0 Å². The molecule has 0 radical (unpaired) electrons. The largest absolute Gasteiger partial charge is 0.367 e. The average molecular weight is 239 g/mol. The van der Waals surface area contributed by atoms with Gasteiger partial charge in [0.1, 0.15) is 11.6 Å². The summed E-state index contributed by atoms with van der Waals surface area (Å²) in [4.78, 5) is 8.63. The molecule has 4 heteroatoms. The van der Waals surface area contributed by atoms with E-state index < -0.39 is 0 Å². The number of thioether (sulfide) groups is 1. The van der Waals surface area contributed by atoms with Crippen LogP contribution in [0.5, 0.6) is 0 Å². The van der Waals surface area contributed by atoms with Gasteiger partial charge in [-0.25, -0.2) is 9.97 Å². The topological polar surface area (TPSA) is 37.8 Å². The fraction of sp³-hybridized carbons (Fsp3) is 0.667. The van der Waals surface area contributed by atoms with Gasteiger partial charge in [-0.3, -0.25) is 0 Å². The normalized spacial score (nSPS) is 12.5. The molecule has 90 valence electrons. The molecule has 16 heavy (non-hydrogen) atoms. The van der Waals surface area contributed by atoms with Crippen molar-refractivity contribution in [2.75, 3.05) is 16.8 Å². The van der Waals surface area contributed by atoms with Crippen molar-refractivity contribution >= 4 is 17.6 Å². The molecule has 0 fully saturated rings. The molecular formula is C12H21N3S. The lowest BCUT2D eigenvalue weighted by Gasteiger charge is -2.14. The lowest BCUT2D eigenvalue weighted by Crippen LogP contribution is -2.17. The Morgan fingerprint density at radius 3 is 2.75 bits per heavy atom. The second-order valence-electron chi connectivity index (χ2n) is 3.97. The maximum Gasteiger partial charge on any atom is 0.130 e. The molecule has 0 aliphatic carbocycles. The first-order valence-electron chi connectivity index (χ1n) is 5.78. The average Bonchev–Trinajstić information content (AvgIpc) is 2.16. The van der Waals surface area contributed by atoms with Gasteiger partial charge < -0.3 is 5.32 Å². The molecular weight excluding hydrogens is 218 g/mol. The Bertz CT molecular complexity index is 308. The minimum atomic E-state index is 0.466. The Balaban J connectivity index is 2.45. The number of hydrogen-bond donors (Lipinski definition) is 1. The molecule has 1 N–H and O–H groups in total. The summed E-state index contributed by atoms with van der Waals surface area (Å²) in [6.07, 6.45) is 1.17. The van der Waals surface area contributed by atoms with Crippen molar-refractivity contribution in [2.45, 2.75) is 40.2 Å². The van der Waals surface area contributed by atoms with E-state index in [-0.39, 0.29) is 0 Å². The Hall–Kier alpha value is -0.770. The van der Waals surface area contributed by atoms with Gasteiger partial charge in [-0.05, 0) is 38.7 Å². The number of nitrogens with one attached hydrogen (secondary N) is 1. The predicted molar refractivity (Wildman–Crippen MR) is 72.2 cm³/mol. The SMILES string of the molecule is CCSCCC(C)Nc1cc(C)nc(C)n1. The monoisotopic (exact) mass is 239 g/mol. The summed E-state index contributed by atoms with van der Waals surface area (Å²) in [5.41, 5.74) is 1.02. The molecule has 0 saturated heterocycles. The lowest BCUT2D eigenvalue weighted by molar-refractivity contribution is 0.763. The summed E-state index contributed by atoms with van der Waals surface area (Å²) in [5.74, 6) is 4.17. The van der Waals surface area contributed by atoms with Crippen molar-refractivity contribution in [3.05, 3.63) is 17.6 Å². The molecule has 1 rings (SSSR count). The van der Waals surface area contributed by atoms with E-state index in [0.717, 1.165) is 17.3 Å². The van der Waals surface area contributed by atoms with E-state index in [4.69, 9.17) is 0 Å². The van der Waals surface area contributed by atoms with Crippen LogP contribution in [0.4, 0.5) is 5.82 Å². The van der Waals surface area contributed by atoms with Gasteiger partial charge in [0.2, 0.25) is 0 Å². The fourth-order valence-electron chi connectivity index (χ4n) is 1.52. The van der Waals surface area contributed by atoms with Crippen molar-refractivity contribution in [2.24, 2.45) is 0 Å². The van der Waals surface area contributed by atoms with E-state index >= 15 is 0 Å². The second kappa shape index (κ2) is 6.74. The molecule has 0 aliphatic rings. The minimum Gasteiger partial charge on any atom is -0.367 e. The first kappa shape index (κ1) is 13.3. The standard InChI is InChI=1S/C12H21N3S/c1-5-16-7-6-9(2)14-12-8-10(3)13-11(4)15-12/h8-9H,5-7H2,1-4H3,(H,13,14,15). The Morgan fingerprint density at radius 1 is 1.38 bits per heavy atom. The molecule has 0 bridgehead atoms. The van der Waals surface area contributed by atoms with Gasteiger partial charge in [-0.1, -0.05) is 6.92 Å². The van der Waals surface area contributed by atoms with E-state index in [9.17, 15) is 0 Å². The van der Waals surface area contributed by atoms with Crippen LogP contribution < -0.4 is 5.32 Å². The fourth-order valence-corrected chi connectivity index (χ4v) is 2.33. The quantitative estimate of drug-likeness (QED) is 0.774. The Kier molecular flexibility index (Phi) is 5.60. The molecule has 0 aliphatic heterocycles. The van der Waals surface area contributed by atoms with E-state index in [0.29, 0.717) is 6.04 Å². The van der Waals surface area contributed by atoms with Crippen LogP contribution in [-0.4, -0.2) is 27.5 Å². The van der Waals surface area contributed by atoms with Gasteiger partial charge in [0, 0.05) is 17.8 Å². The summed E-state index contributed by atoms with van der Waals surface area (Å²) in [5, 5.41) is 3.42. The first-order chi connectivity index (χ1) is 7.61. The number of aromatic nitrogens is 2. The number of anilines is 1. The van der Waals surface area contributed by atoms with Crippen molar-refractivity contribution in [3.8, 4) is 0 Å². The van der Waals surface area contributed by atoms with Crippen molar-refractivity contribution in [1.82, 2.24) is 9.97 Å². The van der Waals surface area contributed by atoms with E-state index in [1.807, 2.05) is 31.7 Å². The smallest absolute Gasteiger partial charge is 0.130 e. The third-order valence-electron chi connectivity index (χ3n) is 2.26. The Labute approximate surface area is 102 Å². The molecule has 0 amide bonds. The highest BCUT2D eigenvalue weighted by atomic mass is 32.2. The van der Waals surface area contributed by atoms with Crippen LogP contribution in [0.2, 0.25) is 0 Å². The summed E-state index contributed by atoms with van der Waals surface area (Å²) in [6.45, 7) is 8.32. The van der Waals surface area contributed by atoms with Crippen LogP contribution in [-0.2, 0) is 0 Å². The molecule has 1 aromatic heterocycles. The highest BCUT2D eigenvalue weighted by molar-refractivity contribution is 7.99. The zero-order valence-corrected chi connectivity index (χ0v) is 11.4. The number of hydrogen-bond acceptors (Lipinski definition) is 4. The van der Waals surface area contributed by atoms with Gasteiger partial charge in [-0.2, -0.15) is 11.8 Å². The molecule has 1 aromatic rings. The number of nitrogens with zero attached hydrogens (tertiary/aromatic N) is 2. The molecule has 0 aromatic carbocycles. The summed E-state index contributed by atoms with van der Waals surface area (Å²) in [6, 6.07) is 2.46. The molecule has 0 saturated carbocycles. The van der Waals surface area contributed by atoms with Crippen molar-refractivity contribution in [3.63, 3.8) is 0 Å². The second-order valence-corrected chi connectivity index (χ2v) is 5.37. The maximum atomic E-state index is 4.37. The van der Waals surface area contributed by atoms with Crippen molar-refractivity contribution in [1.29, 1.82) is 0 Å². The van der Waals surface area contributed by atoms with Gasteiger partial charge >= 0.3 is 0 Å². The molecule has 1 heterocycles. The predicted octanol–water partition coefficient (Wildman–Crippen LogP) is 3.04. The van der Waals surface area contributed by atoms with Crippen LogP contribution in [0, 0.1) is 13.8 Å². The molecule has 3 nitrogen and oxygen atoms in total. The van der Waals surface area contributed by atoms with Crippen LogP contribution >= 0.6 is 11.8 Å². The van der Waals surface area contributed by atoms with Gasteiger partial charge in [0.05, 0.1) is 0 Å². The maximum absolute atomic E-state index is 4.37. The molecule has 1 atom stereocenters. The third kappa shape index (κ3) is 4.84. The molecule has 1 unspecified atom stereocenters. The zero-order valence-electron chi connectivity index (χ0n) is 10.6. The minimum absolute atomic E-state index is 0.466. The number of rotatable bonds is 6. The van der Waals surface area contributed by atoms with E-state index in [2.05, 4.69) is 29.1 Å². The zero-order chi connectivity index (χ0) is 12.0. The highest BCUT2D eigenvalue weighted by Gasteiger charge is 2.04. The Morgan fingerprint density at radius 2 is 2.12 bits per heavy atom. The number of aryl methyl sites for hydroxylation is 2. The van der Waals surface area contributed by atoms with Crippen LogP contribution in [0.25, 0.3) is 0 Å². The first-order valence-corrected chi connectivity index (χ1v) is 6.94. The van der Waals surface area contributed by atoms with Crippen LogP contribution in [0.15, 0.2) is 6.07 Å². The van der Waals surface area contributed by atoms with Gasteiger partial charge in [0.25, 0.3) is 0 Å². The summed E-state index contributed by atoms with van der Waals surface area (Å²) < 4.78 is 0. The van der Waals surface area contributed by atoms with Crippen LogP contribution in [0.3, 0.4) is 0 Å². The summed E-state index contributed by atoms with van der Waals surface area (Å²) in [7, 11) is 0. The third-order valence-corrected chi connectivity index (χ3v) is 3.19. The lowest BCUT2D eigenvalue weighted by atomic mass is 10.2.